The predicted octanol–water partition coefficient (Wildman–Crippen LogP) is 3.92. The first-order chi connectivity index (χ1) is 14.5. The van der Waals surface area contributed by atoms with Crippen LogP contribution in [0.4, 0.5) is 0 Å². The third kappa shape index (κ3) is 5.67. The largest absolute Gasteiger partial charge is 0.493 e. The highest BCUT2D eigenvalue weighted by atomic mass is 16.5. The van der Waals surface area contributed by atoms with E-state index in [1.807, 2.05) is 23.1 Å². The fourth-order valence-electron chi connectivity index (χ4n) is 4.39. The maximum Gasteiger partial charge on any atom is 0.243 e. The summed E-state index contributed by atoms with van der Waals surface area (Å²) >= 11 is 0. The molecule has 0 spiro atoms. The van der Waals surface area contributed by atoms with Crippen LogP contribution >= 0.6 is 0 Å². The van der Waals surface area contributed by atoms with Crippen LogP contribution in [0.15, 0.2) is 18.2 Å². The molecule has 0 bridgehead atoms. The van der Waals surface area contributed by atoms with E-state index >= 15 is 0 Å². The summed E-state index contributed by atoms with van der Waals surface area (Å²) < 4.78 is 11.2. The Bertz CT molecular complexity index is 728. The van der Waals surface area contributed by atoms with Gasteiger partial charge in [-0.25, -0.2) is 0 Å². The number of nitrogens with one attached hydrogen (secondary N) is 1. The zero-order chi connectivity index (χ0) is 21.5. The van der Waals surface area contributed by atoms with Crippen LogP contribution in [0.3, 0.4) is 0 Å². The Morgan fingerprint density at radius 1 is 1.10 bits per heavy atom. The zero-order valence-corrected chi connectivity index (χ0v) is 18.6. The molecule has 3 rings (SSSR count). The molecule has 1 heterocycles. The van der Waals surface area contributed by atoms with Crippen molar-refractivity contribution < 1.29 is 19.1 Å². The number of methoxy groups -OCH3 is 1. The number of carbonyl (C=O) groups excluding carboxylic acids is 2. The fraction of sp³-hybridized carbons (Fsp3) is 0.667. The van der Waals surface area contributed by atoms with E-state index in [-0.39, 0.29) is 23.8 Å². The van der Waals surface area contributed by atoms with E-state index < -0.39 is 0 Å². The SMILES string of the molecule is COc1cc(CNC(=O)[C@@H]2CCCN2C(=O)C2CCCCC2)ccc1OCC(C)C. The first-order valence-electron chi connectivity index (χ1n) is 11.4. The van der Waals surface area contributed by atoms with Gasteiger partial charge in [-0.05, 0) is 49.3 Å². The molecule has 0 unspecified atom stereocenters. The lowest BCUT2D eigenvalue weighted by Crippen LogP contribution is -2.47. The number of benzene rings is 1. The Balaban J connectivity index is 1.57. The van der Waals surface area contributed by atoms with Crippen molar-refractivity contribution in [1.29, 1.82) is 0 Å². The highest BCUT2D eigenvalue weighted by Gasteiger charge is 2.37. The summed E-state index contributed by atoms with van der Waals surface area (Å²) in [6, 6.07) is 5.39. The van der Waals surface area contributed by atoms with Gasteiger partial charge in [0.1, 0.15) is 6.04 Å². The van der Waals surface area contributed by atoms with Crippen molar-refractivity contribution in [2.45, 2.75) is 71.4 Å². The molecule has 6 nitrogen and oxygen atoms in total. The minimum atomic E-state index is -0.338. The van der Waals surface area contributed by atoms with Gasteiger partial charge in [0.15, 0.2) is 11.5 Å². The molecular formula is C24H36N2O4. The number of likely N-dealkylation sites (tertiary alicyclic amines) is 1. The van der Waals surface area contributed by atoms with Crippen molar-refractivity contribution in [3.63, 3.8) is 0 Å². The van der Waals surface area contributed by atoms with Gasteiger partial charge in [-0.15, -0.1) is 0 Å². The van der Waals surface area contributed by atoms with Crippen molar-refractivity contribution in [3.05, 3.63) is 23.8 Å². The number of nitrogens with zero attached hydrogens (tertiary/aromatic N) is 1. The second-order valence-electron chi connectivity index (χ2n) is 8.93. The number of amides is 2. The predicted molar refractivity (Wildman–Crippen MR) is 116 cm³/mol. The molecule has 166 valence electrons. The summed E-state index contributed by atoms with van der Waals surface area (Å²) in [4.78, 5) is 27.6. The number of hydrogen-bond acceptors (Lipinski definition) is 4. The molecule has 2 fully saturated rings. The summed E-state index contributed by atoms with van der Waals surface area (Å²) in [5.41, 5.74) is 0.945. The lowest BCUT2D eigenvalue weighted by atomic mass is 9.88. The molecular weight excluding hydrogens is 380 g/mol. The van der Waals surface area contributed by atoms with Crippen molar-refractivity contribution in [2.75, 3.05) is 20.3 Å². The van der Waals surface area contributed by atoms with Crippen LogP contribution in [0.2, 0.25) is 0 Å². The van der Waals surface area contributed by atoms with Gasteiger partial charge in [-0.1, -0.05) is 39.2 Å². The van der Waals surface area contributed by atoms with Gasteiger partial charge in [0.25, 0.3) is 0 Å². The van der Waals surface area contributed by atoms with Crippen molar-refractivity contribution in [2.24, 2.45) is 11.8 Å². The Morgan fingerprint density at radius 2 is 1.87 bits per heavy atom. The molecule has 1 saturated carbocycles. The monoisotopic (exact) mass is 416 g/mol. The fourth-order valence-corrected chi connectivity index (χ4v) is 4.39. The highest BCUT2D eigenvalue weighted by Crippen LogP contribution is 2.30. The molecule has 2 aliphatic rings. The number of rotatable bonds is 8. The first kappa shape index (κ1) is 22.4. The van der Waals surface area contributed by atoms with Crippen LogP contribution < -0.4 is 14.8 Å². The van der Waals surface area contributed by atoms with Crippen LogP contribution in [-0.4, -0.2) is 43.0 Å². The van der Waals surface area contributed by atoms with E-state index in [1.165, 1.54) is 6.42 Å². The van der Waals surface area contributed by atoms with Crippen molar-refractivity contribution >= 4 is 11.8 Å². The normalized spacial score (nSPS) is 19.7. The maximum absolute atomic E-state index is 12.9. The number of hydrogen-bond donors (Lipinski definition) is 1. The van der Waals surface area contributed by atoms with Gasteiger partial charge in [-0.3, -0.25) is 9.59 Å². The third-order valence-electron chi connectivity index (χ3n) is 6.06. The molecule has 1 aromatic carbocycles. The van der Waals surface area contributed by atoms with Crippen molar-refractivity contribution in [1.82, 2.24) is 10.2 Å². The van der Waals surface area contributed by atoms with Gasteiger partial charge in [0, 0.05) is 19.0 Å². The smallest absolute Gasteiger partial charge is 0.243 e. The highest BCUT2D eigenvalue weighted by molar-refractivity contribution is 5.89. The molecule has 1 atom stereocenters. The Kier molecular flexibility index (Phi) is 8.00. The van der Waals surface area contributed by atoms with E-state index in [4.69, 9.17) is 9.47 Å². The molecule has 1 aromatic rings. The average Bonchev–Trinajstić information content (AvgIpc) is 3.26. The number of carbonyl (C=O) groups is 2. The Hall–Kier alpha value is -2.24. The van der Waals surface area contributed by atoms with Crippen molar-refractivity contribution in [3.8, 4) is 11.5 Å². The van der Waals surface area contributed by atoms with Gasteiger partial charge in [0.05, 0.1) is 13.7 Å². The van der Waals surface area contributed by atoms with Crippen LogP contribution in [0.1, 0.15) is 64.4 Å². The standard InChI is InChI=1S/C24H36N2O4/c1-17(2)16-30-21-12-11-18(14-22(21)29-3)15-25-23(27)20-10-7-13-26(20)24(28)19-8-5-4-6-9-19/h11-12,14,17,19-20H,4-10,13,15-16H2,1-3H3,(H,25,27)/t20-/m0/s1. The van der Waals surface area contributed by atoms with Gasteiger partial charge >= 0.3 is 0 Å². The van der Waals surface area contributed by atoms with Crippen LogP contribution in [0, 0.1) is 11.8 Å². The summed E-state index contributed by atoms with van der Waals surface area (Å²) in [5.74, 6) is 2.03. The van der Waals surface area contributed by atoms with Gasteiger partial charge < -0.3 is 19.7 Å². The lowest BCUT2D eigenvalue weighted by Gasteiger charge is -2.30. The molecule has 1 aliphatic carbocycles. The minimum Gasteiger partial charge on any atom is -0.493 e. The quantitative estimate of drug-likeness (QED) is 0.697. The Morgan fingerprint density at radius 3 is 2.57 bits per heavy atom. The second kappa shape index (κ2) is 10.7. The molecule has 1 N–H and O–H groups in total. The minimum absolute atomic E-state index is 0.0595. The third-order valence-corrected chi connectivity index (χ3v) is 6.06. The zero-order valence-electron chi connectivity index (χ0n) is 18.6. The first-order valence-corrected chi connectivity index (χ1v) is 11.4. The van der Waals surface area contributed by atoms with E-state index in [2.05, 4.69) is 19.2 Å². The maximum atomic E-state index is 12.9. The summed E-state index contributed by atoms with van der Waals surface area (Å²) in [7, 11) is 1.62. The lowest BCUT2D eigenvalue weighted by molar-refractivity contribution is -0.142. The topological polar surface area (TPSA) is 67.9 Å². The van der Waals surface area contributed by atoms with Gasteiger partial charge in [-0.2, -0.15) is 0 Å². The molecule has 0 radical (unpaired) electrons. The van der Waals surface area contributed by atoms with Crippen LogP contribution in [0.5, 0.6) is 11.5 Å². The van der Waals surface area contributed by atoms with Gasteiger partial charge in [0.2, 0.25) is 11.8 Å². The van der Waals surface area contributed by atoms with E-state index in [9.17, 15) is 9.59 Å². The molecule has 1 aliphatic heterocycles. The summed E-state index contributed by atoms with van der Waals surface area (Å²) in [5, 5.41) is 3.02. The average molecular weight is 417 g/mol. The molecule has 2 amide bonds. The van der Waals surface area contributed by atoms with E-state index in [0.29, 0.717) is 37.1 Å². The molecule has 0 aromatic heterocycles. The summed E-state index contributed by atoms with van der Waals surface area (Å²) in [6.45, 7) is 5.92. The second-order valence-corrected chi connectivity index (χ2v) is 8.93. The molecule has 6 heteroatoms. The Labute approximate surface area is 180 Å². The molecule has 1 saturated heterocycles. The van der Waals surface area contributed by atoms with E-state index in [1.54, 1.807) is 7.11 Å². The molecule has 30 heavy (non-hydrogen) atoms. The summed E-state index contributed by atoms with van der Waals surface area (Å²) in [6.07, 6.45) is 7.04. The number of ether oxygens (including phenoxy) is 2. The van der Waals surface area contributed by atoms with Crippen LogP contribution in [-0.2, 0) is 16.1 Å². The van der Waals surface area contributed by atoms with Crippen LogP contribution in [0.25, 0.3) is 0 Å². The van der Waals surface area contributed by atoms with E-state index in [0.717, 1.165) is 44.1 Å².